The summed E-state index contributed by atoms with van der Waals surface area (Å²) >= 11 is 1.35. The minimum Gasteiger partial charge on any atom is -0.461 e. The number of carbonyl (C=O) groups is 2. The number of ether oxygens (including phenoxy) is 2. The van der Waals surface area contributed by atoms with E-state index in [9.17, 15) is 9.59 Å². The Labute approximate surface area is 127 Å². The van der Waals surface area contributed by atoms with E-state index in [0.29, 0.717) is 24.7 Å². The zero-order valence-corrected chi connectivity index (χ0v) is 13.0. The molecule has 1 aromatic rings. The van der Waals surface area contributed by atoms with E-state index < -0.39 is 0 Å². The summed E-state index contributed by atoms with van der Waals surface area (Å²) in [7, 11) is 1.39. The van der Waals surface area contributed by atoms with Gasteiger partial charge >= 0.3 is 12.1 Å². The van der Waals surface area contributed by atoms with Crippen molar-refractivity contribution in [2.75, 3.05) is 39.9 Å². The summed E-state index contributed by atoms with van der Waals surface area (Å²) in [5, 5.41) is 0.389. The summed E-state index contributed by atoms with van der Waals surface area (Å²) in [4.78, 5) is 32.0. The highest BCUT2D eigenvalue weighted by molar-refractivity contribution is 7.13. The Morgan fingerprint density at radius 3 is 2.67 bits per heavy atom. The molecule has 0 radical (unpaired) electrons. The van der Waals surface area contributed by atoms with Crippen LogP contribution in [-0.2, 0) is 16.0 Å². The maximum atomic E-state index is 11.6. The monoisotopic (exact) mass is 313 g/mol. The van der Waals surface area contributed by atoms with E-state index >= 15 is 0 Å². The summed E-state index contributed by atoms with van der Waals surface area (Å²) in [5.74, 6) is -0.371. The minimum atomic E-state index is -0.371. The van der Waals surface area contributed by atoms with Crippen LogP contribution in [-0.4, -0.2) is 66.7 Å². The smallest absolute Gasteiger partial charge is 0.409 e. The minimum absolute atomic E-state index is 0.281. The largest absolute Gasteiger partial charge is 0.461 e. The molecule has 2 heterocycles. The number of esters is 1. The third-order valence-electron chi connectivity index (χ3n) is 3.19. The highest BCUT2D eigenvalue weighted by Crippen LogP contribution is 2.17. The van der Waals surface area contributed by atoms with Crippen LogP contribution in [0.25, 0.3) is 0 Å². The summed E-state index contributed by atoms with van der Waals surface area (Å²) < 4.78 is 9.63. The van der Waals surface area contributed by atoms with Gasteiger partial charge in [-0.05, 0) is 6.92 Å². The molecule has 0 aliphatic carbocycles. The van der Waals surface area contributed by atoms with Gasteiger partial charge in [0.2, 0.25) is 5.01 Å². The number of nitrogens with zero attached hydrogens (tertiary/aromatic N) is 3. The van der Waals surface area contributed by atoms with Crippen LogP contribution < -0.4 is 0 Å². The molecule has 0 N–H and O–H groups in total. The summed E-state index contributed by atoms with van der Waals surface area (Å²) in [6.45, 7) is 5.71. The Hall–Kier alpha value is -1.67. The van der Waals surface area contributed by atoms with Gasteiger partial charge in [-0.25, -0.2) is 14.6 Å². The maximum Gasteiger partial charge on any atom is 0.409 e. The molecule has 21 heavy (non-hydrogen) atoms. The second-order valence-corrected chi connectivity index (χ2v) is 5.70. The SMILES string of the molecule is CCOC(=O)c1ncc(CN2CCN(C(=O)OC)CC2)s1. The lowest BCUT2D eigenvalue weighted by molar-refractivity contribution is 0.0526. The molecule has 1 aromatic heterocycles. The van der Waals surface area contributed by atoms with E-state index in [1.165, 1.54) is 18.4 Å². The number of hydrogen-bond donors (Lipinski definition) is 0. The molecule has 1 aliphatic heterocycles. The number of amides is 1. The van der Waals surface area contributed by atoms with Crippen LogP contribution in [0.1, 0.15) is 21.6 Å². The quantitative estimate of drug-likeness (QED) is 0.778. The predicted molar refractivity (Wildman–Crippen MR) is 77.3 cm³/mol. The first kappa shape index (κ1) is 15.7. The van der Waals surface area contributed by atoms with Gasteiger partial charge in [-0.1, -0.05) is 0 Å². The lowest BCUT2D eigenvalue weighted by Gasteiger charge is -2.33. The maximum absolute atomic E-state index is 11.6. The molecule has 0 unspecified atom stereocenters. The molecule has 8 heteroatoms. The molecule has 1 aliphatic rings. The van der Waals surface area contributed by atoms with E-state index in [0.717, 1.165) is 24.5 Å². The van der Waals surface area contributed by atoms with E-state index in [1.54, 1.807) is 18.0 Å². The Balaban J connectivity index is 1.84. The molecule has 7 nitrogen and oxygen atoms in total. The van der Waals surface area contributed by atoms with Crippen molar-refractivity contribution in [2.24, 2.45) is 0 Å². The second kappa shape index (κ2) is 7.37. The zero-order chi connectivity index (χ0) is 15.2. The van der Waals surface area contributed by atoms with E-state index in [4.69, 9.17) is 9.47 Å². The van der Waals surface area contributed by atoms with Gasteiger partial charge in [-0.2, -0.15) is 0 Å². The first-order valence-electron chi connectivity index (χ1n) is 6.81. The lowest BCUT2D eigenvalue weighted by Crippen LogP contribution is -2.48. The number of carbonyl (C=O) groups excluding carboxylic acids is 2. The Bertz CT molecular complexity index is 497. The van der Waals surface area contributed by atoms with Crippen molar-refractivity contribution in [1.82, 2.24) is 14.8 Å². The number of aromatic nitrogens is 1. The summed E-state index contributed by atoms with van der Waals surface area (Å²) in [5.41, 5.74) is 0. The number of hydrogen-bond acceptors (Lipinski definition) is 7. The molecule has 0 spiro atoms. The Kier molecular flexibility index (Phi) is 5.51. The summed E-state index contributed by atoms with van der Waals surface area (Å²) in [6, 6.07) is 0. The van der Waals surface area contributed by atoms with Gasteiger partial charge in [0.05, 0.1) is 13.7 Å². The lowest BCUT2D eigenvalue weighted by atomic mass is 10.3. The third kappa shape index (κ3) is 4.15. The van der Waals surface area contributed by atoms with Crippen molar-refractivity contribution >= 4 is 23.4 Å². The average molecular weight is 313 g/mol. The molecule has 0 bridgehead atoms. The highest BCUT2D eigenvalue weighted by atomic mass is 32.1. The molecule has 0 saturated carbocycles. The van der Waals surface area contributed by atoms with Gasteiger partial charge in [0.15, 0.2) is 0 Å². The normalized spacial score (nSPS) is 15.8. The van der Waals surface area contributed by atoms with Crippen LogP contribution in [0.5, 0.6) is 0 Å². The van der Waals surface area contributed by atoms with Gasteiger partial charge in [0.1, 0.15) is 0 Å². The highest BCUT2D eigenvalue weighted by Gasteiger charge is 2.22. The van der Waals surface area contributed by atoms with Crippen molar-refractivity contribution in [1.29, 1.82) is 0 Å². The van der Waals surface area contributed by atoms with E-state index in [1.807, 2.05) is 0 Å². The standard InChI is InChI=1S/C13H19N3O4S/c1-3-20-12(17)11-14-8-10(21-11)9-15-4-6-16(7-5-15)13(18)19-2/h8H,3-7,9H2,1-2H3. The Morgan fingerprint density at radius 1 is 1.33 bits per heavy atom. The number of methoxy groups -OCH3 is 1. The Morgan fingerprint density at radius 2 is 2.05 bits per heavy atom. The average Bonchev–Trinajstić information content (AvgIpc) is 2.96. The molecule has 1 saturated heterocycles. The zero-order valence-electron chi connectivity index (χ0n) is 12.2. The van der Waals surface area contributed by atoms with Crippen LogP contribution in [0.4, 0.5) is 4.79 Å². The van der Waals surface area contributed by atoms with Gasteiger partial charge in [0.25, 0.3) is 0 Å². The number of piperazine rings is 1. The fourth-order valence-electron chi connectivity index (χ4n) is 2.11. The van der Waals surface area contributed by atoms with Crippen molar-refractivity contribution < 1.29 is 19.1 Å². The van der Waals surface area contributed by atoms with Gasteiger partial charge in [-0.3, -0.25) is 4.90 Å². The van der Waals surface area contributed by atoms with Crippen LogP contribution >= 0.6 is 11.3 Å². The second-order valence-electron chi connectivity index (χ2n) is 4.59. The fraction of sp³-hybridized carbons (Fsp3) is 0.615. The molecule has 0 atom stereocenters. The van der Waals surface area contributed by atoms with Crippen molar-refractivity contribution in [3.05, 3.63) is 16.1 Å². The predicted octanol–water partition coefficient (Wildman–Crippen LogP) is 1.20. The van der Waals surface area contributed by atoms with E-state index in [2.05, 4.69) is 9.88 Å². The molecule has 116 valence electrons. The van der Waals surface area contributed by atoms with E-state index in [-0.39, 0.29) is 12.1 Å². The van der Waals surface area contributed by atoms with Crippen LogP contribution in [0, 0.1) is 0 Å². The van der Waals surface area contributed by atoms with Crippen LogP contribution in [0.15, 0.2) is 6.20 Å². The fourth-order valence-corrected chi connectivity index (χ4v) is 2.95. The first-order chi connectivity index (χ1) is 10.1. The molecule has 0 aromatic carbocycles. The molecule has 1 fully saturated rings. The molecular formula is C13H19N3O4S. The molecule has 2 rings (SSSR count). The van der Waals surface area contributed by atoms with Crippen molar-refractivity contribution in [2.45, 2.75) is 13.5 Å². The van der Waals surface area contributed by atoms with Crippen molar-refractivity contribution in [3.63, 3.8) is 0 Å². The third-order valence-corrected chi connectivity index (χ3v) is 4.15. The molecular weight excluding hydrogens is 294 g/mol. The van der Waals surface area contributed by atoms with Crippen LogP contribution in [0.2, 0.25) is 0 Å². The topological polar surface area (TPSA) is 72.0 Å². The van der Waals surface area contributed by atoms with Gasteiger partial charge in [0, 0.05) is 43.8 Å². The van der Waals surface area contributed by atoms with Gasteiger partial charge < -0.3 is 14.4 Å². The van der Waals surface area contributed by atoms with Gasteiger partial charge in [-0.15, -0.1) is 11.3 Å². The first-order valence-corrected chi connectivity index (χ1v) is 7.62. The number of thiazole rings is 1. The molecule has 1 amide bonds. The number of rotatable bonds is 4. The van der Waals surface area contributed by atoms with Crippen LogP contribution in [0.3, 0.4) is 0 Å². The summed E-state index contributed by atoms with van der Waals surface area (Å²) in [6.07, 6.45) is 1.43. The van der Waals surface area contributed by atoms with Crippen molar-refractivity contribution in [3.8, 4) is 0 Å².